The number of para-hydroxylation sites is 1. The Bertz CT molecular complexity index is 1000. The molecule has 3 aromatic rings. The number of benzene rings is 3. The van der Waals surface area contributed by atoms with Crippen LogP contribution in [-0.2, 0) is 4.79 Å². The van der Waals surface area contributed by atoms with Crippen LogP contribution >= 0.6 is 12.2 Å². The highest BCUT2D eigenvalue weighted by atomic mass is 32.1. The molecule has 4 heteroatoms. The van der Waals surface area contributed by atoms with E-state index in [4.69, 9.17) is 21.7 Å². The molecule has 0 heterocycles. The molecular formula is C24H24O3S. The van der Waals surface area contributed by atoms with Crippen LogP contribution in [0.5, 0.6) is 11.5 Å². The van der Waals surface area contributed by atoms with Gasteiger partial charge in [0.2, 0.25) is 0 Å². The first-order valence-electron chi connectivity index (χ1n) is 9.27. The van der Waals surface area contributed by atoms with Crippen LogP contribution in [0.2, 0.25) is 0 Å². The molecule has 1 atom stereocenters. The van der Waals surface area contributed by atoms with Gasteiger partial charge in [0.25, 0.3) is 0 Å². The standard InChI is InChI=1S/C24H24O3S/c1-16(22(28)26-20-8-6-5-7-9-20)17-10-11-19-15-21(13-12-18(19)14-17)27-23(25)24(2,3)4/h5-16H,1-4H3. The van der Waals surface area contributed by atoms with Crippen LogP contribution in [0.4, 0.5) is 0 Å². The van der Waals surface area contributed by atoms with Crippen molar-refractivity contribution in [3.63, 3.8) is 0 Å². The lowest BCUT2D eigenvalue weighted by Crippen LogP contribution is -2.25. The fourth-order valence-corrected chi connectivity index (χ4v) is 2.90. The van der Waals surface area contributed by atoms with Crippen molar-refractivity contribution in [1.82, 2.24) is 0 Å². The first kappa shape index (κ1) is 20.0. The molecule has 0 bridgehead atoms. The molecular weight excluding hydrogens is 368 g/mol. The summed E-state index contributed by atoms with van der Waals surface area (Å²) in [5.41, 5.74) is 0.538. The molecule has 1 unspecified atom stereocenters. The second kappa shape index (κ2) is 8.11. The minimum Gasteiger partial charge on any atom is -0.450 e. The smallest absolute Gasteiger partial charge is 0.316 e. The van der Waals surface area contributed by atoms with Crippen LogP contribution in [0, 0.1) is 5.41 Å². The van der Waals surface area contributed by atoms with Crippen molar-refractivity contribution in [3.8, 4) is 11.5 Å². The van der Waals surface area contributed by atoms with E-state index in [9.17, 15) is 4.79 Å². The minimum atomic E-state index is -0.539. The van der Waals surface area contributed by atoms with Gasteiger partial charge in [-0.15, -0.1) is 0 Å². The Morgan fingerprint density at radius 1 is 0.857 bits per heavy atom. The number of fused-ring (bicyclic) bond motifs is 1. The fourth-order valence-electron chi connectivity index (χ4n) is 2.66. The molecule has 3 nitrogen and oxygen atoms in total. The molecule has 3 aromatic carbocycles. The minimum absolute atomic E-state index is 0.0296. The Morgan fingerprint density at radius 3 is 2.18 bits per heavy atom. The van der Waals surface area contributed by atoms with Crippen LogP contribution in [0.25, 0.3) is 10.8 Å². The first-order valence-corrected chi connectivity index (χ1v) is 9.67. The molecule has 144 valence electrons. The van der Waals surface area contributed by atoms with E-state index in [1.165, 1.54) is 0 Å². The summed E-state index contributed by atoms with van der Waals surface area (Å²) in [6, 6.07) is 21.4. The lowest BCUT2D eigenvalue weighted by atomic mass is 9.97. The second-order valence-electron chi connectivity index (χ2n) is 7.86. The van der Waals surface area contributed by atoms with E-state index < -0.39 is 5.41 Å². The van der Waals surface area contributed by atoms with Gasteiger partial charge in [-0.3, -0.25) is 4.79 Å². The highest BCUT2D eigenvalue weighted by Crippen LogP contribution is 2.28. The number of thiocarbonyl (C=S) groups is 1. The topological polar surface area (TPSA) is 35.5 Å². The van der Waals surface area contributed by atoms with Gasteiger partial charge in [-0.2, -0.15) is 0 Å². The van der Waals surface area contributed by atoms with E-state index in [0.29, 0.717) is 10.8 Å². The van der Waals surface area contributed by atoms with E-state index in [2.05, 4.69) is 6.07 Å². The lowest BCUT2D eigenvalue weighted by Gasteiger charge is -2.17. The highest BCUT2D eigenvalue weighted by Gasteiger charge is 2.23. The molecule has 0 aliphatic rings. The molecule has 0 saturated heterocycles. The lowest BCUT2D eigenvalue weighted by molar-refractivity contribution is -0.142. The van der Waals surface area contributed by atoms with Crippen molar-refractivity contribution < 1.29 is 14.3 Å². The molecule has 0 fully saturated rings. The third-order valence-corrected chi connectivity index (χ3v) is 4.91. The highest BCUT2D eigenvalue weighted by molar-refractivity contribution is 7.80. The van der Waals surface area contributed by atoms with Crippen LogP contribution in [0.15, 0.2) is 66.7 Å². The maximum absolute atomic E-state index is 12.1. The van der Waals surface area contributed by atoms with Crippen LogP contribution in [0.1, 0.15) is 39.2 Å². The van der Waals surface area contributed by atoms with Crippen LogP contribution < -0.4 is 9.47 Å². The summed E-state index contributed by atoms with van der Waals surface area (Å²) < 4.78 is 11.3. The van der Waals surface area contributed by atoms with Gasteiger partial charge in [0.15, 0.2) is 5.05 Å². The molecule has 0 aromatic heterocycles. The van der Waals surface area contributed by atoms with Crippen LogP contribution in [-0.4, -0.2) is 11.0 Å². The average Bonchev–Trinajstić information content (AvgIpc) is 2.67. The van der Waals surface area contributed by atoms with Gasteiger partial charge in [0.05, 0.1) is 11.3 Å². The van der Waals surface area contributed by atoms with E-state index in [1.807, 2.05) is 88.4 Å². The maximum atomic E-state index is 12.1. The number of hydrogen-bond acceptors (Lipinski definition) is 4. The molecule has 28 heavy (non-hydrogen) atoms. The Kier molecular flexibility index (Phi) is 5.80. The fraction of sp³-hybridized carbons (Fsp3) is 0.250. The SMILES string of the molecule is CC(C(=S)Oc1ccccc1)c1ccc2cc(OC(=O)C(C)(C)C)ccc2c1. The van der Waals surface area contributed by atoms with E-state index >= 15 is 0 Å². The molecule has 0 N–H and O–H groups in total. The third kappa shape index (κ3) is 4.76. The number of rotatable bonds is 4. The zero-order valence-corrected chi connectivity index (χ0v) is 17.4. The van der Waals surface area contributed by atoms with Gasteiger partial charge >= 0.3 is 5.97 Å². The van der Waals surface area contributed by atoms with Gasteiger partial charge in [-0.1, -0.05) is 49.4 Å². The molecule has 0 amide bonds. The Balaban J connectivity index is 1.77. The van der Waals surface area contributed by atoms with Gasteiger partial charge in [0.1, 0.15) is 11.5 Å². The number of ether oxygens (including phenoxy) is 2. The molecule has 0 aliphatic heterocycles. The van der Waals surface area contributed by atoms with Crippen molar-refractivity contribution in [1.29, 1.82) is 0 Å². The molecule has 0 saturated carbocycles. The maximum Gasteiger partial charge on any atom is 0.316 e. The number of hydrogen-bond donors (Lipinski definition) is 0. The van der Waals surface area contributed by atoms with E-state index in [-0.39, 0.29) is 11.9 Å². The van der Waals surface area contributed by atoms with Crippen LogP contribution in [0.3, 0.4) is 0 Å². The third-order valence-electron chi connectivity index (χ3n) is 4.47. The zero-order chi connectivity index (χ0) is 20.3. The summed E-state index contributed by atoms with van der Waals surface area (Å²) in [7, 11) is 0. The Morgan fingerprint density at radius 2 is 1.50 bits per heavy atom. The quantitative estimate of drug-likeness (QED) is 0.296. The number of esters is 1. The number of carbonyl (C=O) groups excluding carboxylic acids is 1. The molecule has 0 spiro atoms. The average molecular weight is 393 g/mol. The van der Waals surface area contributed by atoms with E-state index in [1.54, 1.807) is 0 Å². The second-order valence-corrected chi connectivity index (χ2v) is 8.27. The van der Waals surface area contributed by atoms with Crippen molar-refractivity contribution in [2.45, 2.75) is 33.6 Å². The van der Waals surface area contributed by atoms with Crippen molar-refractivity contribution in [3.05, 3.63) is 72.3 Å². The summed E-state index contributed by atoms with van der Waals surface area (Å²) in [5, 5.41) is 2.59. The van der Waals surface area contributed by atoms with Gasteiger partial charge in [0, 0.05) is 0 Å². The van der Waals surface area contributed by atoms with Gasteiger partial charge in [-0.05, 0) is 73.6 Å². The molecule has 0 aliphatic carbocycles. The van der Waals surface area contributed by atoms with Crippen molar-refractivity contribution in [2.75, 3.05) is 0 Å². The summed E-state index contributed by atoms with van der Waals surface area (Å²) in [5.74, 6) is 1.01. The van der Waals surface area contributed by atoms with Gasteiger partial charge < -0.3 is 9.47 Å². The number of carbonyl (C=O) groups is 1. The monoisotopic (exact) mass is 392 g/mol. The molecule has 3 rings (SSSR count). The van der Waals surface area contributed by atoms with E-state index in [0.717, 1.165) is 22.1 Å². The zero-order valence-electron chi connectivity index (χ0n) is 16.6. The predicted molar refractivity (Wildman–Crippen MR) is 117 cm³/mol. The normalized spacial score (nSPS) is 12.4. The predicted octanol–water partition coefficient (Wildman–Crippen LogP) is 6.30. The van der Waals surface area contributed by atoms with Crippen molar-refractivity contribution in [2.24, 2.45) is 5.41 Å². The summed E-state index contributed by atoms with van der Waals surface area (Å²) in [6.07, 6.45) is 0. The Labute approximate surface area is 171 Å². The summed E-state index contributed by atoms with van der Waals surface area (Å²) in [6.45, 7) is 7.55. The Hall–Kier alpha value is -2.72. The summed E-state index contributed by atoms with van der Waals surface area (Å²) >= 11 is 5.49. The first-order chi connectivity index (χ1) is 13.2. The molecule has 0 radical (unpaired) electrons. The van der Waals surface area contributed by atoms with Crippen molar-refractivity contribution >= 4 is 34.0 Å². The summed E-state index contributed by atoms with van der Waals surface area (Å²) in [4.78, 5) is 12.1. The largest absolute Gasteiger partial charge is 0.450 e. The van der Waals surface area contributed by atoms with Gasteiger partial charge in [-0.25, -0.2) is 0 Å².